The molecule has 1 saturated carbocycles. The van der Waals surface area contributed by atoms with Crippen molar-refractivity contribution >= 4 is 6.29 Å². The largest absolute Gasteiger partial charge is 0.303 e. The van der Waals surface area contributed by atoms with Crippen molar-refractivity contribution in [3.8, 4) is 0 Å². The third-order valence-electron chi connectivity index (χ3n) is 4.40. The average Bonchev–Trinajstić information content (AvgIpc) is 2.29. The second-order valence-corrected chi connectivity index (χ2v) is 6.23. The highest BCUT2D eigenvalue weighted by atomic mass is 16.1. The highest BCUT2D eigenvalue weighted by molar-refractivity contribution is 5.60. The molecule has 0 N–H and O–H groups in total. The van der Waals surface area contributed by atoms with Crippen LogP contribution in [0.4, 0.5) is 0 Å². The summed E-state index contributed by atoms with van der Waals surface area (Å²) < 4.78 is 0. The number of rotatable bonds is 6. The van der Waals surface area contributed by atoms with Crippen molar-refractivity contribution in [2.45, 2.75) is 65.3 Å². The molecule has 2 heteroatoms. The monoisotopic (exact) mass is 239 g/mol. The Morgan fingerprint density at radius 2 is 2.24 bits per heavy atom. The van der Waals surface area contributed by atoms with E-state index in [9.17, 15) is 4.79 Å². The molecule has 3 atom stereocenters. The standard InChI is InChI=1S/C15H29NO/c1-5-7-14(3)16(4)11-15(12-17)9-6-8-13(2)10-15/h12-14H,5-11H2,1-4H3. The summed E-state index contributed by atoms with van der Waals surface area (Å²) >= 11 is 0. The number of carbonyl (C=O) groups is 1. The molecule has 1 aliphatic carbocycles. The fourth-order valence-corrected chi connectivity index (χ4v) is 3.28. The van der Waals surface area contributed by atoms with Crippen LogP contribution in [-0.2, 0) is 4.79 Å². The van der Waals surface area contributed by atoms with Crippen molar-refractivity contribution in [3.05, 3.63) is 0 Å². The summed E-state index contributed by atoms with van der Waals surface area (Å²) in [7, 11) is 2.17. The van der Waals surface area contributed by atoms with Crippen molar-refractivity contribution in [1.29, 1.82) is 0 Å². The van der Waals surface area contributed by atoms with E-state index in [1.807, 2.05) is 0 Å². The third kappa shape index (κ3) is 4.09. The van der Waals surface area contributed by atoms with Crippen LogP contribution in [0.25, 0.3) is 0 Å². The highest BCUT2D eigenvalue weighted by Crippen LogP contribution is 2.38. The van der Waals surface area contributed by atoms with Crippen LogP contribution in [-0.4, -0.2) is 30.8 Å². The zero-order chi connectivity index (χ0) is 12.9. The molecule has 1 fully saturated rings. The zero-order valence-corrected chi connectivity index (χ0v) is 12.0. The van der Waals surface area contributed by atoms with Crippen LogP contribution in [0.5, 0.6) is 0 Å². The van der Waals surface area contributed by atoms with Gasteiger partial charge in [0.05, 0.1) is 0 Å². The number of hydrogen-bond donors (Lipinski definition) is 0. The lowest BCUT2D eigenvalue weighted by molar-refractivity contribution is -0.120. The van der Waals surface area contributed by atoms with Gasteiger partial charge in [0, 0.05) is 18.0 Å². The van der Waals surface area contributed by atoms with Gasteiger partial charge in [-0.05, 0) is 39.2 Å². The molecule has 0 heterocycles. The Balaban J connectivity index is 2.58. The van der Waals surface area contributed by atoms with Crippen LogP contribution in [0, 0.1) is 11.3 Å². The SMILES string of the molecule is CCCC(C)N(C)CC1(C=O)CCCC(C)C1. The molecule has 0 saturated heterocycles. The van der Waals surface area contributed by atoms with E-state index in [0.29, 0.717) is 12.0 Å². The van der Waals surface area contributed by atoms with Crippen molar-refractivity contribution < 1.29 is 4.79 Å². The fourth-order valence-electron chi connectivity index (χ4n) is 3.28. The molecule has 100 valence electrons. The van der Waals surface area contributed by atoms with Gasteiger partial charge in [0.25, 0.3) is 0 Å². The maximum absolute atomic E-state index is 11.5. The molecule has 0 amide bonds. The van der Waals surface area contributed by atoms with Crippen molar-refractivity contribution in [2.24, 2.45) is 11.3 Å². The van der Waals surface area contributed by atoms with E-state index in [-0.39, 0.29) is 5.41 Å². The Morgan fingerprint density at radius 1 is 1.53 bits per heavy atom. The molecule has 0 aromatic heterocycles. The van der Waals surface area contributed by atoms with E-state index >= 15 is 0 Å². The second-order valence-electron chi connectivity index (χ2n) is 6.23. The average molecular weight is 239 g/mol. The molecular formula is C15H29NO. The molecule has 0 aromatic carbocycles. The second kappa shape index (κ2) is 6.53. The summed E-state index contributed by atoms with van der Waals surface area (Å²) in [6.45, 7) is 7.73. The van der Waals surface area contributed by atoms with Crippen molar-refractivity contribution in [2.75, 3.05) is 13.6 Å². The van der Waals surface area contributed by atoms with Crippen LogP contribution in [0.3, 0.4) is 0 Å². The fraction of sp³-hybridized carbons (Fsp3) is 0.933. The summed E-state index contributed by atoms with van der Waals surface area (Å²) in [5.41, 5.74) is -0.0611. The van der Waals surface area contributed by atoms with E-state index < -0.39 is 0 Å². The minimum absolute atomic E-state index is 0.0611. The molecule has 0 bridgehead atoms. The zero-order valence-electron chi connectivity index (χ0n) is 12.0. The molecule has 0 aromatic rings. The van der Waals surface area contributed by atoms with Gasteiger partial charge in [0.1, 0.15) is 6.29 Å². The van der Waals surface area contributed by atoms with Gasteiger partial charge in [-0.1, -0.05) is 33.1 Å². The predicted molar refractivity (Wildman–Crippen MR) is 73.1 cm³/mol. The normalized spacial score (nSPS) is 31.5. The molecule has 0 radical (unpaired) electrons. The minimum atomic E-state index is -0.0611. The third-order valence-corrected chi connectivity index (χ3v) is 4.40. The Bertz CT molecular complexity index is 241. The van der Waals surface area contributed by atoms with Crippen LogP contribution in [0.1, 0.15) is 59.3 Å². The Hall–Kier alpha value is -0.370. The lowest BCUT2D eigenvalue weighted by Crippen LogP contribution is -2.43. The molecule has 0 aliphatic heterocycles. The molecule has 2 nitrogen and oxygen atoms in total. The first-order chi connectivity index (χ1) is 8.03. The van der Waals surface area contributed by atoms with Crippen molar-refractivity contribution in [3.63, 3.8) is 0 Å². The van der Waals surface area contributed by atoms with Gasteiger partial charge in [0.15, 0.2) is 0 Å². The molecular weight excluding hydrogens is 210 g/mol. The van der Waals surface area contributed by atoms with Crippen LogP contribution >= 0.6 is 0 Å². The lowest BCUT2D eigenvalue weighted by Gasteiger charge is -2.40. The van der Waals surface area contributed by atoms with Crippen LogP contribution < -0.4 is 0 Å². The van der Waals surface area contributed by atoms with Gasteiger partial charge in [-0.25, -0.2) is 0 Å². The predicted octanol–water partition coefficient (Wildman–Crippen LogP) is 3.50. The van der Waals surface area contributed by atoms with E-state index in [2.05, 4.69) is 32.7 Å². The Labute approximate surface area is 107 Å². The van der Waals surface area contributed by atoms with Gasteiger partial charge in [-0.3, -0.25) is 0 Å². The smallest absolute Gasteiger partial charge is 0.127 e. The summed E-state index contributed by atoms with van der Waals surface area (Å²) in [5.74, 6) is 0.712. The van der Waals surface area contributed by atoms with Gasteiger partial charge in [-0.2, -0.15) is 0 Å². The van der Waals surface area contributed by atoms with Crippen LogP contribution in [0.15, 0.2) is 0 Å². The first kappa shape index (κ1) is 14.7. The minimum Gasteiger partial charge on any atom is -0.303 e. The maximum atomic E-state index is 11.5. The topological polar surface area (TPSA) is 20.3 Å². The number of aldehydes is 1. The van der Waals surface area contributed by atoms with Crippen molar-refractivity contribution in [1.82, 2.24) is 4.90 Å². The van der Waals surface area contributed by atoms with Gasteiger partial charge in [0.2, 0.25) is 0 Å². The lowest BCUT2D eigenvalue weighted by atomic mass is 9.70. The van der Waals surface area contributed by atoms with E-state index in [1.165, 1.54) is 32.0 Å². The Morgan fingerprint density at radius 3 is 2.76 bits per heavy atom. The molecule has 1 rings (SSSR count). The molecule has 17 heavy (non-hydrogen) atoms. The van der Waals surface area contributed by atoms with Crippen LogP contribution in [0.2, 0.25) is 0 Å². The van der Waals surface area contributed by atoms with Gasteiger partial charge >= 0.3 is 0 Å². The van der Waals surface area contributed by atoms with E-state index in [1.54, 1.807) is 0 Å². The van der Waals surface area contributed by atoms with Gasteiger partial charge < -0.3 is 9.69 Å². The van der Waals surface area contributed by atoms with E-state index in [4.69, 9.17) is 0 Å². The first-order valence-electron chi connectivity index (χ1n) is 7.19. The number of nitrogens with zero attached hydrogens (tertiary/aromatic N) is 1. The maximum Gasteiger partial charge on any atom is 0.127 e. The molecule has 3 unspecified atom stereocenters. The highest BCUT2D eigenvalue weighted by Gasteiger charge is 2.36. The summed E-state index contributed by atoms with van der Waals surface area (Å²) in [6.07, 6.45) is 8.37. The first-order valence-corrected chi connectivity index (χ1v) is 7.19. The van der Waals surface area contributed by atoms with Gasteiger partial charge in [-0.15, -0.1) is 0 Å². The quantitative estimate of drug-likeness (QED) is 0.661. The summed E-state index contributed by atoms with van der Waals surface area (Å²) in [6, 6.07) is 0.592. The number of hydrogen-bond acceptors (Lipinski definition) is 2. The Kier molecular flexibility index (Phi) is 5.64. The molecule has 1 aliphatic rings. The van der Waals surface area contributed by atoms with E-state index in [0.717, 1.165) is 19.4 Å². The molecule has 0 spiro atoms. The number of carbonyl (C=O) groups excluding carboxylic acids is 1. The summed E-state index contributed by atoms with van der Waals surface area (Å²) in [5, 5.41) is 0. The summed E-state index contributed by atoms with van der Waals surface area (Å²) in [4.78, 5) is 13.9.